The maximum atomic E-state index is 13.1. The minimum absolute atomic E-state index is 0.0905. The molecule has 0 amide bonds. The molecule has 2 aromatic heterocycles. The average Bonchev–Trinajstić information content (AvgIpc) is 2.72. The van der Waals surface area contributed by atoms with Crippen LogP contribution in [-0.2, 0) is 18.5 Å². The summed E-state index contributed by atoms with van der Waals surface area (Å²) in [6.07, 6.45) is -2.78. The van der Waals surface area contributed by atoms with Gasteiger partial charge >= 0.3 is 6.18 Å². The highest BCUT2D eigenvalue weighted by atomic mass is 127. The molecule has 1 unspecified atom stereocenters. The standard InChI is InChI=1S/C21H18ClF3IN3OS/c1-3-29-17(11-31-12(2)14-7-8-16(22)27-10-14)28-20(30)18(19(29)26)13-5-4-6-15(9-13)21(23,24)25/h4-10,12H,3,11H2,1-2H3. The first kappa shape index (κ1) is 24.1. The predicted molar refractivity (Wildman–Crippen MR) is 126 cm³/mol. The van der Waals surface area contributed by atoms with E-state index >= 15 is 0 Å². The Morgan fingerprint density at radius 2 is 2.00 bits per heavy atom. The minimum atomic E-state index is -4.48. The van der Waals surface area contributed by atoms with Crippen LogP contribution >= 0.6 is 46.0 Å². The molecule has 10 heteroatoms. The van der Waals surface area contributed by atoms with Gasteiger partial charge in [0.2, 0.25) is 0 Å². The van der Waals surface area contributed by atoms with Gasteiger partial charge in [0.25, 0.3) is 5.56 Å². The number of halogens is 5. The molecule has 0 N–H and O–H groups in total. The molecule has 3 aromatic rings. The third-order valence-electron chi connectivity index (χ3n) is 4.68. The summed E-state index contributed by atoms with van der Waals surface area (Å²) in [4.78, 5) is 21.1. The van der Waals surface area contributed by atoms with Gasteiger partial charge < -0.3 is 4.57 Å². The molecular weight excluding hydrogens is 562 g/mol. The zero-order valence-corrected chi connectivity index (χ0v) is 20.3. The van der Waals surface area contributed by atoms with Crippen molar-refractivity contribution in [3.05, 3.63) is 78.8 Å². The van der Waals surface area contributed by atoms with E-state index in [9.17, 15) is 18.0 Å². The van der Waals surface area contributed by atoms with Crippen molar-refractivity contribution in [3.63, 3.8) is 0 Å². The van der Waals surface area contributed by atoms with E-state index in [1.807, 2.05) is 47.1 Å². The molecule has 0 spiro atoms. The third-order valence-corrected chi connectivity index (χ3v) is 7.22. The second kappa shape index (κ2) is 9.91. The Morgan fingerprint density at radius 1 is 1.26 bits per heavy atom. The summed E-state index contributed by atoms with van der Waals surface area (Å²) in [7, 11) is 0. The molecule has 0 aliphatic carbocycles. The molecule has 0 bridgehead atoms. The van der Waals surface area contributed by atoms with Gasteiger partial charge in [-0.2, -0.15) is 18.2 Å². The zero-order valence-electron chi connectivity index (χ0n) is 16.6. The van der Waals surface area contributed by atoms with E-state index in [4.69, 9.17) is 11.6 Å². The summed E-state index contributed by atoms with van der Waals surface area (Å²) in [5.74, 6) is 1.04. The quantitative estimate of drug-likeness (QED) is 0.188. The van der Waals surface area contributed by atoms with Crippen molar-refractivity contribution >= 4 is 46.0 Å². The minimum Gasteiger partial charge on any atom is -0.324 e. The van der Waals surface area contributed by atoms with Crippen LogP contribution in [-0.4, -0.2) is 14.5 Å². The van der Waals surface area contributed by atoms with Crippen LogP contribution in [0.2, 0.25) is 5.15 Å². The highest BCUT2D eigenvalue weighted by Crippen LogP contribution is 2.34. The summed E-state index contributed by atoms with van der Waals surface area (Å²) in [5.41, 5.74) is 0.0455. The number of hydrogen-bond acceptors (Lipinski definition) is 4. The number of pyridine rings is 1. The number of thioether (sulfide) groups is 1. The Kier molecular flexibility index (Phi) is 7.69. The Labute approximate surface area is 200 Å². The molecule has 1 atom stereocenters. The molecule has 1 aromatic carbocycles. The SMILES string of the molecule is CCn1c(CSC(C)c2ccc(Cl)nc2)nc(=O)c(-c2cccc(C(F)(F)F)c2)c1I. The summed E-state index contributed by atoms with van der Waals surface area (Å²) in [6.45, 7) is 4.46. The van der Waals surface area contributed by atoms with Crippen LogP contribution in [0.15, 0.2) is 47.4 Å². The van der Waals surface area contributed by atoms with Crippen molar-refractivity contribution < 1.29 is 13.2 Å². The lowest BCUT2D eigenvalue weighted by molar-refractivity contribution is -0.137. The molecule has 3 rings (SSSR count). The topological polar surface area (TPSA) is 47.8 Å². The molecule has 0 aliphatic rings. The van der Waals surface area contributed by atoms with Gasteiger partial charge in [-0.25, -0.2) is 4.98 Å². The van der Waals surface area contributed by atoms with Crippen molar-refractivity contribution in [2.45, 2.75) is 37.6 Å². The van der Waals surface area contributed by atoms with Crippen LogP contribution in [0.25, 0.3) is 11.1 Å². The Hall–Kier alpha value is -1.59. The van der Waals surface area contributed by atoms with E-state index < -0.39 is 17.3 Å². The lowest BCUT2D eigenvalue weighted by Gasteiger charge is -2.18. The van der Waals surface area contributed by atoms with Gasteiger partial charge in [-0.05, 0) is 65.8 Å². The average molecular weight is 580 g/mol. The second-order valence-corrected chi connectivity index (χ2v) is 9.43. The van der Waals surface area contributed by atoms with Crippen LogP contribution in [0.3, 0.4) is 0 Å². The maximum absolute atomic E-state index is 13.1. The van der Waals surface area contributed by atoms with E-state index in [0.717, 1.165) is 17.7 Å². The van der Waals surface area contributed by atoms with E-state index in [2.05, 4.69) is 9.97 Å². The number of alkyl halides is 3. The van der Waals surface area contributed by atoms with E-state index in [1.165, 1.54) is 12.1 Å². The molecule has 164 valence electrons. The third kappa shape index (κ3) is 5.61. The van der Waals surface area contributed by atoms with Crippen molar-refractivity contribution in [2.75, 3.05) is 0 Å². The first-order valence-corrected chi connectivity index (χ1v) is 11.8. The molecule has 0 aliphatic heterocycles. The largest absolute Gasteiger partial charge is 0.416 e. The van der Waals surface area contributed by atoms with E-state index in [1.54, 1.807) is 24.0 Å². The number of hydrogen-bond donors (Lipinski definition) is 0. The first-order valence-electron chi connectivity index (χ1n) is 9.31. The number of rotatable bonds is 6. The molecule has 2 heterocycles. The molecule has 0 saturated heterocycles. The highest BCUT2D eigenvalue weighted by molar-refractivity contribution is 14.1. The summed E-state index contributed by atoms with van der Waals surface area (Å²) in [5, 5.41) is 0.509. The Bertz CT molecular complexity index is 1140. The second-order valence-electron chi connectivity index (χ2n) is 6.69. The smallest absolute Gasteiger partial charge is 0.324 e. The van der Waals surface area contributed by atoms with Crippen LogP contribution in [0.1, 0.15) is 36.0 Å². The highest BCUT2D eigenvalue weighted by Gasteiger charge is 2.31. The van der Waals surface area contributed by atoms with Crippen molar-refractivity contribution in [1.29, 1.82) is 0 Å². The molecular formula is C21H18ClF3IN3OS. The fraction of sp³-hybridized carbons (Fsp3) is 0.286. The molecule has 0 fully saturated rings. The van der Waals surface area contributed by atoms with Crippen LogP contribution in [0.5, 0.6) is 0 Å². The van der Waals surface area contributed by atoms with Gasteiger partial charge in [0.15, 0.2) is 0 Å². The van der Waals surface area contributed by atoms with Gasteiger partial charge in [0, 0.05) is 18.0 Å². The predicted octanol–water partition coefficient (Wildman–Crippen LogP) is 6.60. The van der Waals surface area contributed by atoms with Crippen molar-refractivity contribution in [1.82, 2.24) is 14.5 Å². The van der Waals surface area contributed by atoms with E-state index in [-0.39, 0.29) is 16.4 Å². The van der Waals surface area contributed by atoms with Gasteiger partial charge in [0.1, 0.15) is 11.0 Å². The fourth-order valence-electron chi connectivity index (χ4n) is 3.02. The number of nitrogens with zero attached hydrogens (tertiary/aromatic N) is 3. The molecule has 4 nitrogen and oxygen atoms in total. The lowest BCUT2D eigenvalue weighted by atomic mass is 10.1. The molecule has 0 radical (unpaired) electrons. The molecule has 0 saturated carbocycles. The Balaban J connectivity index is 1.93. The normalized spacial score (nSPS) is 12.7. The van der Waals surface area contributed by atoms with Gasteiger partial charge in [-0.3, -0.25) is 4.79 Å². The van der Waals surface area contributed by atoms with Crippen LogP contribution < -0.4 is 5.56 Å². The van der Waals surface area contributed by atoms with Crippen LogP contribution in [0, 0.1) is 3.70 Å². The maximum Gasteiger partial charge on any atom is 0.416 e. The fourth-order valence-corrected chi connectivity index (χ4v) is 5.24. The van der Waals surface area contributed by atoms with Gasteiger partial charge in [-0.1, -0.05) is 29.8 Å². The summed E-state index contributed by atoms with van der Waals surface area (Å²) < 4.78 is 41.8. The zero-order chi connectivity index (χ0) is 22.8. The Morgan fingerprint density at radius 3 is 2.61 bits per heavy atom. The number of benzene rings is 1. The summed E-state index contributed by atoms with van der Waals surface area (Å²) in [6, 6.07) is 8.40. The first-order chi connectivity index (χ1) is 14.6. The van der Waals surface area contributed by atoms with Gasteiger partial charge in [-0.15, -0.1) is 11.8 Å². The number of aromatic nitrogens is 3. The van der Waals surface area contributed by atoms with Crippen molar-refractivity contribution in [2.24, 2.45) is 0 Å². The summed E-state index contributed by atoms with van der Waals surface area (Å²) >= 11 is 9.43. The molecule has 31 heavy (non-hydrogen) atoms. The van der Waals surface area contributed by atoms with E-state index in [0.29, 0.717) is 27.0 Å². The lowest BCUT2D eigenvalue weighted by Crippen LogP contribution is -2.22. The van der Waals surface area contributed by atoms with Crippen LogP contribution in [0.4, 0.5) is 13.2 Å². The van der Waals surface area contributed by atoms with Gasteiger partial charge in [0.05, 0.1) is 20.6 Å². The monoisotopic (exact) mass is 579 g/mol. The van der Waals surface area contributed by atoms with Crippen molar-refractivity contribution in [3.8, 4) is 11.1 Å².